The van der Waals surface area contributed by atoms with Crippen molar-refractivity contribution in [2.75, 3.05) is 17.2 Å². The first-order valence-corrected chi connectivity index (χ1v) is 7.71. The van der Waals surface area contributed by atoms with Gasteiger partial charge in [-0.3, -0.25) is 9.59 Å². The third kappa shape index (κ3) is 3.97. The summed E-state index contributed by atoms with van der Waals surface area (Å²) in [6.07, 6.45) is 1.15. The number of carbonyl (C=O) groups excluding carboxylic acids is 2. The predicted molar refractivity (Wildman–Crippen MR) is 88.4 cm³/mol. The topological polar surface area (TPSA) is 67.4 Å². The van der Waals surface area contributed by atoms with Gasteiger partial charge in [0.05, 0.1) is 0 Å². The van der Waals surface area contributed by atoms with Gasteiger partial charge < -0.3 is 15.4 Å². The van der Waals surface area contributed by atoms with E-state index in [2.05, 4.69) is 10.6 Å². The molecule has 2 aromatic carbocycles. The van der Waals surface area contributed by atoms with Crippen molar-refractivity contribution in [2.24, 2.45) is 0 Å². The van der Waals surface area contributed by atoms with Gasteiger partial charge in [0, 0.05) is 23.5 Å². The number of nitrogens with one attached hydrogen (secondary N) is 2. The Hall–Kier alpha value is -2.73. The Morgan fingerprint density at radius 2 is 1.83 bits per heavy atom. The molecule has 0 radical (unpaired) electrons. The number of rotatable bonds is 4. The second kappa shape index (κ2) is 7.23. The first-order chi connectivity index (χ1) is 11.6. The van der Waals surface area contributed by atoms with Gasteiger partial charge in [-0.1, -0.05) is 6.07 Å². The van der Waals surface area contributed by atoms with Crippen molar-refractivity contribution in [3.8, 4) is 0 Å². The van der Waals surface area contributed by atoms with E-state index in [0.717, 1.165) is 6.42 Å². The van der Waals surface area contributed by atoms with Crippen LogP contribution in [0.4, 0.5) is 15.8 Å². The Bertz CT molecular complexity index is 740. The fourth-order valence-corrected chi connectivity index (χ4v) is 2.48. The molecule has 2 amide bonds. The largest absolute Gasteiger partial charge is 0.368 e. The van der Waals surface area contributed by atoms with Crippen molar-refractivity contribution in [3.05, 3.63) is 59.9 Å². The molecule has 1 fully saturated rings. The summed E-state index contributed by atoms with van der Waals surface area (Å²) in [6, 6.07) is 12.1. The molecule has 0 bridgehead atoms. The van der Waals surface area contributed by atoms with E-state index in [1.165, 1.54) is 24.3 Å². The average Bonchev–Trinajstić information content (AvgIpc) is 3.12. The van der Waals surface area contributed by atoms with Crippen LogP contribution in [0.25, 0.3) is 0 Å². The minimum Gasteiger partial charge on any atom is -0.368 e. The van der Waals surface area contributed by atoms with E-state index in [9.17, 15) is 14.0 Å². The number of amides is 2. The van der Waals surface area contributed by atoms with Crippen LogP contribution in [-0.2, 0) is 9.53 Å². The van der Waals surface area contributed by atoms with Gasteiger partial charge in [-0.25, -0.2) is 4.39 Å². The minimum atomic E-state index is -0.429. The van der Waals surface area contributed by atoms with Crippen LogP contribution in [-0.4, -0.2) is 24.5 Å². The summed E-state index contributed by atoms with van der Waals surface area (Å²) in [7, 11) is 0. The summed E-state index contributed by atoms with van der Waals surface area (Å²) in [5, 5.41) is 5.44. The first kappa shape index (κ1) is 16.1. The maximum atomic E-state index is 12.9. The van der Waals surface area contributed by atoms with Crippen LogP contribution in [0.5, 0.6) is 0 Å². The van der Waals surface area contributed by atoms with Crippen LogP contribution in [0.2, 0.25) is 0 Å². The quantitative estimate of drug-likeness (QED) is 0.906. The highest BCUT2D eigenvalue weighted by Crippen LogP contribution is 2.17. The number of hydrogen-bond donors (Lipinski definition) is 2. The third-order valence-electron chi connectivity index (χ3n) is 3.72. The summed E-state index contributed by atoms with van der Waals surface area (Å²) in [4.78, 5) is 24.3. The standard InChI is InChI=1S/C18H17FN2O3/c19-13-6-8-14(9-7-13)20-17(22)12-3-1-4-15(11-12)21-18(23)16-5-2-10-24-16/h1,3-4,6-9,11,16H,2,5,10H2,(H,20,22)(H,21,23). The molecular weight excluding hydrogens is 311 g/mol. The molecule has 1 heterocycles. The molecule has 0 saturated carbocycles. The lowest BCUT2D eigenvalue weighted by molar-refractivity contribution is -0.124. The van der Waals surface area contributed by atoms with Gasteiger partial charge in [-0.05, 0) is 55.3 Å². The number of ether oxygens (including phenoxy) is 1. The van der Waals surface area contributed by atoms with Gasteiger partial charge in [-0.2, -0.15) is 0 Å². The van der Waals surface area contributed by atoms with Crippen LogP contribution in [0.3, 0.4) is 0 Å². The van der Waals surface area contributed by atoms with Gasteiger partial charge in [0.1, 0.15) is 11.9 Å². The second-order valence-corrected chi connectivity index (χ2v) is 5.53. The van der Waals surface area contributed by atoms with Gasteiger partial charge >= 0.3 is 0 Å². The van der Waals surface area contributed by atoms with E-state index in [4.69, 9.17) is 4.74 Å². The molecule has 1 aliphatic heterocycles. The first-order valence-electron chi connectivity index (χ1n) is 7.71. The molecule has 0 aromatic heterocycles. The molecular formula is C18H17FN2O3. The zero-order chi connectivity index (χ0) is 16.9. The van der Waals surface area contributed by atoms with E-state index in [1.54, 1.807) is 24.3 Å². The lowest BCUT2D eigenvalue weighted by Crippen LogP contribution is -2.27. The lowest BCUT2D eigenvalue weighted by Gasteiger charge is -2.11. The van der Waals surface area contributed by atoms with Crippen LogP contribution >= 0.6 is 0 Å². The van der Waals surface area contributed by atoms with Crippen molar-refractivity contribution in [2.45, 2.75) is 18.9 Å². The van der Waals surface area contributed by atoms with E-state index in [-0.39, 0.29) is 17.6 Å². The van der Waals surface area contributed by atoms with E-state index in [0.29, 0.717) is 30.0 Å². The molecule has 3 rings (SSSR count). The second-order valence-electron chi connectivity index (χ2n) is 5.53. The van der Waals surface area contributed by atoms with Crippen molar-refractivity contribution < 1.29 is 18.7 Å². The van der Waals surface area contributed by atoms with Gasteiger partial charge in [0.2, 0.25) is 0 Å². The van der Waals surface area contributed by atoms with Crippen molar-refractivity contribution in [3.63, 3.8) is 0 Å². The van der Waals surface area contributed by atoms with E-state index < -0.39 is 6.10 Å². The zero-order valence-corrected chi connectivity index (χ0v) is 12.9. The summed E-state index contributed by atoms with van der Waals surface area (Å²) in [6.45, 7) is 0.595. The molecule has 124 valence electrons. The number of benzene rings is 2. The molecule has 5 nitrogen and oxygen atoms in total. The Morgan fingerprint density at radius 1 is 1.04 bits per heavy atom. The summed E-state index contributed by atoms with van der Waals surface area (Å²) in [5.41, 5.74) is 1.42. The molecule has 0 spiro atoms. The molecule has 0 aliphatic carbocycles. The highest BCUT2D eigenvalue weighted by atomic mass is 19.1. The molecule has 1 aliphatic rings. The molecule has 1 unspecified atom stereocenters. The number of halogens is 1. The molecule has 6 heteroatoms. The number of hydrogen-bond acceptors (Lipinski definition) is 3. The Kier molecular flexibility index (Phi) is 4.86. The molecule has 2 N–H and O–H groups in total. The average molecular weight is 328 g/mol. The fraction of sp³-hybridized carbons (Fsp3) is 0.222. The molecule has 2 aromatic rings. The van der Waals surface area contributed by atoms with Crippen molar-refractivity contribution in [1.82, 2.24) is 0 Å². The summed E-state index contributed by atoms with van der Waals surface area (Å²) >= 11 is 0. The monoisotopic (exact) mass is 328 g/mol. The fourth-order valence-electron chi connectivity index (χ4n) is 2.48. The number of anilines is 2. The Balaban J connectivity index is 1.66. The normalized spacial score (nSPS) is 16.6. The minimum absolute atomic E-state index is 0.205. The maximum Gasteiger partial charge on any atom is 0.255 e. The van der Waals surface area contributed by atoms with E-state index >= 15 is 0 Å². The Morgan fingerprint density at radius 3 is 2.54 bits per heavy atom. The smallest absolute Gasteiger partial charge is 0.255 e. The van der Waals surface area contributed by atoms with Crippen LogP contribution in [0.15, 0.2) is 48.5 Å². The molecule has 1 saturated heterocycles. The predicted octanol–water partition coefficient (Wildman–Crippen LogP) is 3.20. The third-order valence-corrected chi connectivity index (χ3v) is 3.72. The summed E-state index contributed by atoms with van der Waals surface area (Å²) < 4.78 is 18.2. The zero-order valence-electron chi connectivity index (χ0n) is 12.9. The lowest BCUT2D eigenvalue weighted by atomic mass is 10.1. The van der Waals surface area contributed by atoms with Crippen LogP contribution < -0.4 is 10.6 Å². The Labute approximate surface area is 138 Å². The highest BCUT2D eigenvalue weighted by Gasteiger charge is 2.23. The summed E-state index contributed by atoms with van der Waals surface area (Å²) in [5.74, 6) is -0.912. The SMILES string of the molecule is O=C(Nc1ccc(F)cc1)c1cccc(NC(=O)C2CCCO2)c1. The van der Waals surface area contributed by atoms with Crippen molar-refractivity contribution >= 4 is 23.2 Å². The van der Waals surface area contributed by atoms with Gasteiger partial charge in [-0.15, -0.1) is 0 Å². The van der Waals surface area contributed by atoms with Gasteiger partial charge in [0.15, 0.2) is 0 Å². The molecule has 1 atom stereocenters. The molecule has 24 heavy (non-hydrogen) atoms. The van der Waals surface area contributed by atoms with Crippen LogP contribution in [0.1, 0.15) is 23.2 Å². The van der Waals surface area contributed by atoms with Crippen LogP contribution in [0, 0.1) is 5.82 Å². The number of carbonyl (C=O) groups is 2. The van der Waals surface area contributed by atoms with E-state index in [1.807, 2.05) is 0 Å². The van der Waals surface area contributed by atoms with Gasteiger partial charge in [0.25, 0.3) is 11.8 Å². The maximum absolute atomic E-state index is 12.9. The highest BCUT2D eigenvalue weighted by molar-refractivity contribution is 6.05. The van der Waals surface area contributed by atoms with Crippen molar-refractivity contribution in [1.29, 1.82) is 0 Å².